The summed E-state index contributed by atoms with van der Waals surface area (Å²) < 4.78 is 0. The number of carbonyl (C=O) groups excluding carboxylic acids is 1. The second kappa shape index (κ2) is 8.05. The molecule has 1 amide bonds. The zero-order valence-electron chi connectivity index (χ0n) is 15.7. The van der Waals surface area contributed by atoms with Crippen LogP contribution in [0.5, 0.6) is 0 Å². The fourth-order valence-corrected chi connectivity index (χ4v) is 4.05. The smallest absolute Gasteiger partial charge is 0.219 e. The topological polar surface area (TPSA) is 56.7 Å². The molecule has 0 radical (unpaired) electrons. The number of fused-ring (bicyclic) bond motifs is 1. The lowest BCUT2D eigenvalue weighted by molar-refractivity contribution is -0.121. The van der Waals surface area contributed by atoms with Crippen LogP contribution in [0.25, 0.3) is 5.70 Å². The van der Waals surface area contributed by atoms with E-state index < -0.39 is 0 Å². The minimum atomic E-state index is -0.275. The molecule has 2 N–H and O–H groups in total. The van der Waals surface area contributed by atoms with Gasteiger partial charge in [0.1, 0.15) is 5.82 Å². The van der Waals surface area contributed by atoms with Crippen LogP contribution in [0, 0.1) is 5.92 Å². The SMILES string of the molecule is CCC1(C(C)CCC(=O)NC)C=C2N=CC=C(c3ccc(Cl)cc3Cl)N2N1. The predicted molar refractivity (Wildman–Crippen MR) is 111 cm³/mol. The molecule has 1 aromatic rings. The van der Waals surface area contributed by atoms with Crippen LogP contribution in [-0.2, 0) is 4.79 Å². The van der Waals surface area contributed by atoms with Gasteiger partial charge in [0.15, 0.2) is 0 Å². The first-order valence-corrected chi connectivity index (χ1v) is 9.87. The summed E-state index contributed by atoms with van der Waals surface area (Å²) in [5.41, 5.74) is 5.16. The van der Waals surface area contributed by atoms with E-state index >= 15 is 0 Å². The summed E-state index contributed by atoms with van der Waals surface area (Å²) in [5, 5.41) is 5.86. The number of hydrogen-bond acceptors (Lipinski definition) is 4. The Labute approximate surface area is 170 Å². The van der Waals surface area contributed by atoms with E-state index in [1.807, 2.05) is 23.2 Å². The van der Waals surface area contributed by atoms with Crippen molar-refractivity contribution >= 4 is 41.0 Å². The van der Waals surface area contributed by atoms with E-state index in [4.69, 9.17) is 23.2 Å². The quantitative estimate of drug-likeness (QED) is 0.736. The molecule has 2 unspecified atom stereocenters. The number of hydrogen-bond donors (Lipinski definition) is 2. The molecule has 2 aliphatic rings. The van der Waals surface area contributed by atoms with Gasteiger partial charge in [0.25, 0.3) is 0 Å². The highest BCUT2D eigenvalue weighted by atomic mass is 35.5. The van der Waals surface area contributed by atoms with Gasteiger partial charge in [-0.25, -0.2) is 10.4 Å². The van der Waals surface area contributed by atoms with Crippen LogP contribution < -0.4 is 10.7 Å². The number of rotatable bonds is 6. The number of hydrazine groups is 1. The number of benzene rings is 1. The first-order chi connectivity index (χ1) is 12.9. The molecule has 0 fully saturated rings. The van der Waals surface area contributed by atoms with E-state index in [9.17, 15) is 4.79 Å². The molecule has 2 aliphatic heterocycles. The Morgan fingerprint density at radius 3 is 2.85 bits per heavy atom. The molecule has 2 atom stereocenters. The van der Waals surface area contributed by atoms with E-state index in [0.29, 0.717) is 16.5 Å². The van der Waals surface area contributed by atoms with Gasteiger partial charge in [-0.1, -0.05) is 37.0 Å². The first-order valence-electron chi connectivity index (χ1n) is 9.11. The van der Waals surface area contributed by atoms with Crippen LogP contribution >= 0.6 is 23.2 Å². The van der Waals surface area contributed by atoms with Gasteiger partial charge in [-0.2, -0.15) is 0 Å². The van der Waals surface area contributed by atoms with Gasteiger partial charge in [-0.15, -0.1) is 0 Å². The molecule has 3 rings (SSSR count). The van der Waals surface area contributed by atoms with E-state index in [-0.39, 0.29) is 17.4 Å². The molecule has 0 saturated heterocycles. The molecule has 144 valence electrons. The highest BCUT2D eigenvalue weighted by Gasteiger charge is 2.42. The highest BCUT2D eigenvalue weighted by Crippen LogP contribution is 2.40. The molecule has 0 saturated carbocycles. The second-order valence-electron chi connectivity index (χ2n) is 6.91. The summed E-state index contributed by atoms with van der Waals surface area (Å²) in [4.78, 5) is 16.2. The molecule has 27 heavy (non-hydrogen) atoms. The first kappa shape index (κ1) is 19.9. The van der Waals surface area contributed by atoms with Crippen molar-refractivity contribution in [3.63, 3.8) is 0 Å². The lowest BCUT2D eigenvalue weighted by Crippen LogP contribution is -2.50. The normalized spacial score (nSPS) is 22.2. The van der Waals surface area contributed by atoms with E-state index in [0.717, 1.165) is 29.9 Å². The number of amides is 1. The van der Waals surface area contributed by atoms with Crippen molar-refractivity contribution in [2.75, 3.05) is 7.05 Å². The zero-order chi connectivity index (χ0) is 19.6. The molecule has 2 heterocycles. The van der Waals surface area contributed by atoms with Crippen molar-refractivity contribution in [1.82, 2.24) is 15.8 Å². The maximum Gasteiger partial charge on any atom is 0.219 e. The van der Waals surface area contributed by atoms with Gasteiger partial charge in [0, 0.05) is 30.3 Å². The Morgan fingerprint density at radius 1 is 1.41 bits per heavy atom. The Morgan fingerprint density at radius 2 is 2.19 bits per heavy atom. The van der Waals surface area contributed by atoms with Crippen molar-refractivity contribution in [3.8, 4) is 0 Å². The van der Waals surface area contributed by atoms with Crippen LogP contribution in [0.4, 0.5) is 0 Å². The molecule has 0 aromatic heterocycles. The van der Waals surface area contributed by atoms with E-state index in [1.165, 1.54) is 0 Å². The maximum atomic E-state index is 11.7. The molecule has 0 bridgehead atoms. The fraction of sp³-hybridized carbons (Fsp3) is 0.400. The molecule has 5 nitrogen and oxygen atoms in total. The number of carbonyl (C=O) groups is 1. The van der Waals surface area contributed by atoms with Crippen molar-refractivity contribution in [2.45, 2.75) is 38.6 Å². The van der Waals surface area contributed by atoms with Crippen molar-refractivity contribution in [2.24, 2.45) is 10.9 Å². The molecule has 7 heteroatoms. The van der Waals surface area contributed by atoms with Gasteiger partial charge >= 0.3 is 0 Å². The third-order valence-electron chi connectivity index (χ3n) is 5.37. The summed E-state index contributed by atoms with van der Waals surface area (Å²) in [5.74, 6) is 1.14. The van der Waals surface area contributed by atoms with Crippen molar-refractivity contribution < 1.29 is 4.79 Å². The van der Waals surface area contributed by atoms with Gasteiger partial charge in [0.05, 0.1) is 16.3 Å². The van der Waals surface area contributed by atoms with Crippen LogP contribution in [0.2, 0.25) is 10.0 Å². The van der Waals surface area contributed by atoms with Crippen LogP contribution in [0.15, 0.2) is 41.2 Å². The molecular weight excluding hydrogens is 383 g/mol. The molecule has 0 aliphatic carbocycles. The lowest BCUT2D eigenvalue weighted by Gasteiger charge is -2.36. The summed E-state index contributed by atoms with van der Waals surface area (Å²) in [6.07, 6.45) is 8.03. The second-order valence-corrected chi connectivity index (χ2v) is 7.75. The van der Waals surface area contributed by atoms with Gasteiger partial charge in [0.2, 0.25) is 5.91 Å². The summed E-state index contributed by atoms with van der Waals surface area (Å²) in [7, 11) is 1.67. The molecule has 0 spiro atoms. The third-order valence-corrected chi connectivity index (χ3v) is 5.92. The minimum Gasteiger partial charge on any atom is -0.359 e. The van der Waals surface area contributed by atoms with Gasteiger partial charge in [-0.05, 0) is 49.1 Å². The fourth-order valence-electron chi connectivity index (χ4n) is 3.55. The number of nitrogens with zero attached hydrogens (tertiary/aromatic N) is 2. The Hall–Kier alpha value is -1.82. The molecular formula is C20H24Cl2N4O. The van der Waals surface area contributed by atoms with Gasteiger partial charge in [-0.3, -0.25) is 9.80 Å². The van der Waals surface area contributed by atoms with Crippen LogP contribution in [0.3, 0.4) is 0 Å². The summed E-state index contributed by atoms with van der Waals surface area (Å²) in [6, 6.07) is 5.48. The Kier molecular flexibility index (Phi) is 5.94. The Balaban J connectivity index is 1.87. The molecule has 1 aromatic carbocycles. The van der Waals surface area contributed by atoms with Gasteiger partial charge < -0.3 is 5.32 Å². The number of allylic oxidation sites excluding steroid dienone is 1. The monoisotopic (exact) mass is 406 g/mol. The van der Waals surface area contributed by atoms with E-state index in [1.54, 1.807) is 19.3 Å². The average molecular weight is 407 g/mol. The van der Waals surface area contributed by atoms with Crippen LogP contribution in [0.1, 0.15) is 38.7 Å². The highest BCUT2D eigenvalue weighted by molar-refractivity contribution is 6.35. The summed E-state index contributed by atoms with van der Waals surface area (Å²) >= 11 is 12.5. The van der Waals surface area contributed by atoms with Crippen LogP contribution in [-0.4, -0.2) is 29.7 Å². The number of nitrogens with one attached hydrogen (secondary N) is 2. The maximum absolute atomic E-state index is 11.7. The lowest BCUT2D eigenvalue weighted by atomic mass is 9.81. The summed E-state index contributed by atoms with van der Waals surface area (Å²) in [6.45, 7) is 4.30. The zero-order valence-corrected chi connectivity index (χ0v) is 17.2. The third kappa shape index (κ3) is 3.91. The van der Waals surface area contributed by atoms with E-state index in [2.05, 4.69) is 35.7 Å². The largest absolute Gasteiger partial charge is 0.359 e. The number of aliphatic imine (C=N–C) groups is 1. The predicted octanol–water partition coefficient (Wildman–Crippen LogP) is 4.39. The van der Waals surface area contributed by atoms with Crippen molar-refractivity contribution in [3.05, 3.63) is 51.8 Å². The minimum absolute atomic E-state index is 0.0584. The van der Waals surface area contributed by atoms with Crippen molar-refractivity contribution in [1.29, 1.82) is 0 Å². The Bertz CT molecular complexity index is 833. The standard InChI is InChI=1S/C20H24Cl2N4O/c1-4-20(13(2)5-8-19(27)23-3)12-18-24-10-9-17(26(18)25-20)15-7-6-14(21)11-16(15)22/h6-7,9-13,25H,4-5,8H2,1-3H3,(H,23,27). The number of halogens is 2. The average Bonchev–Trinajstić information content (AvgIpc) is 3.06.